The summed E-state index contributed by atoms with van der Waals surface area (Å²) >= 11 is 7.06. The fraction of sp³-hybridized carbons (Fsp3) is 0.214. The number of nitrogens with one attached hydrogen (secondary N) is 2. The van der Waals surface area contributed by atoms with E-state index in [2.05, 4.69) is 15.4 Å². The highest BCUT2D eigenvalue weighted by Gasteiger charge is 2.13. The highest BCUT2D eigenvalue weighted by Crippen LogP contribution is 2.21. The Kier molecular flexibility index (Phi) is 3.76. The molecule has 3 heterocycles. The molecule has 1 amide bonds. The van der Waals surface area contributed by atoms with Crippen LogP contribution in [-0.4, -0.2) is 20.5 Å². The van der Waals surface area contributed by atoms with Gasteiger partial charge < -0.3 is 5.32 Å². The molecule has 0 aromatic carbocycles. The molecule has 3 aromatic rings. The number of aryl methyl sites for hydroxylation is 2. The normalized spacial score (nSPS) is 11.0. The summed E-state index contributed by atoms with van der Waals surface area (Å²) in [6, 6.07) is 4.82. The minimum Gasteiger partial charge on any atom is -0.347 e. The number of nitrogens with zero attached hydrogens (tertiary/aromatic N) is 2. The Labute approximate surface area is 134 Å². The zero-order chi connectivity index (χ0) is 15.9. The largest absolute Gasteiger partial charge is 0.347 e. The molecule has 114 valence electrons. The van der Waals surface area contributed by atoms with E-state index in [1.807, 2.05) is 13.8 Å². The number of carbonyl (C=O) groups is 1. The van der Waals surface area contributed by atoms with Gasteiger partial charge in [-0.25, -0.2) is 9.50 Å². The van der Waals surface area contributed by atoms with Crippen molar-refractivity contribution in [3.05, 3.63) is 54.7 Å². The maximum absolute atomic E-state index is 12.1. The van der Waals surface area contributed by atoms with Crippen molar-refractivity contribution in [2.75, 3.05) is 0 Å². The molecule has 3 rings (SSSR count). The monoisotopic (exact) mass is 336 g/mol. The van der Waals surface area contributed by atoms with Crippen molar-refractivity contribution in [1.82, 2.24) is 19.9 Å². The average molecular weight is 337 g/mol. The van der Waals surface area contributed by atoms with Gasteiger partial charge in [0.05, 0.1) is 9.21 Å². The number of fused-ring (bicyclic) bond motifs is 1. The number of carbonyl (C=O) groups excluding carboxylic acids is 1. The van der Waals surface area contributed by atoms with E-state index >= 15 is 0 Å². The molecule has 22 heavy (non-hydrogen) atoms. The van der Waals surface area contributed by atoms with Gasteiger partial charge in [-0.1, -0.05) is 11.6 Å². The van der Waals surface area contributed by atoms with E-state index in [1.165, 1.54) is 17.4 Å². The van der Waals surface area contributed by atoms with E-state index in [9.17, 15) is 9.59 Å². The van der Waals surface area contributed by atoms with E-state index in [0.29, 0.717) is 21.4 Å². The first-order valence-electron chi connectivity index (χ1n) is 6.57. The zero-order valence-electron chi connectivity index (χ0n) is 11.9. The molecule has 0 saturated carbocycles. The summed E-state index contributed by atoms with van der Waals surface area (Å²) in [5.41, 5.74) is 2.86. The van der Waals surface area contributed by atoms with Crippen LogP contribution < -0.4 is 10.9 Å². The van der Waals surface area contributed by atoms with E-state index in [4.69, 9.17) is 11.6 Å². The lowest BCUT2D eigenvalue weighted by Gasteiger charge is -2.12. The smallest absolute Gasteiger partial charge is 0.266 e. The Balaban J connectivity index is 1.87. The van der Waals surface area contributed by atoms with Crippen molar-refractivity contribution < 1.29 is 4.79 Å². The van der Waals surface area contributed by atoms with Crippen molar-refractivity contribution >= 4 is 34.5 Å². The zero-order valence-corrected chi connectivity index (χ0v) is 13.5. The first-order valence-corrected chi connectivity index (χ1v) is 7.76. The van der Waals surface area contributed by atoms with Crippen molar-refractivity contribution in [1.29, 1.82) is 0 Å². The number of amides is 1. The number of aromatic amines is 1. The number of H-pyrrole nitrogens is 1. The highest BCUT2D eigenvalue weighted by molar-refractivity contribution is 7.17. The molecule has 3 aromatic heterocycles. The number of aromatic nitrogens is 3. The Hall–Kier alpha value is -2.12. The Bertz CT molecular complexity index is 925. The molecule has 6 nitrogen and oxygen atoms in total. The molecule has 0 fully saturated rings. The lowest BCUT2D eigenvalue weighted by molar-refractivity contribution is 0.0955. The van der Waals surface area contributed by atoms with Crippen LogP contribution in [0.25, 0.3) is 5.65 Å². The number of hydrogen-bond donors (Lipinski definition) is 2. The number of halogens is 1. The Morgan fingerprint density at radius 3 is 2.91 bits per heavy atom. The molecular weight excluding hydrogens is 324 g/mol. The summed E-state index contributed by atoms with van der Waals surface area (Å²) in [7, 11) is 0. The minimum absolute atomic E-state index is 0.184. The molecule has 0 bridgehead atoms. The van der Waals surface area contributed by atoms with Crippen molar-refractivity contribution in [2.24, 2.45) is 0 Å². The van der Waals surface area contributed by atoms with Crippen LogP contribution in [0.2, 0.25) is 4.34 Å². The third kappa shape index (κ3) is 2.65. The van der Waals surface area contributed by atoms with Gasteiger partial charge in [0.25, 0.3) is 11.5 Å². The minimum atomic E-state index is -0.204. The standard InChI is InChI=1S/C14H13ClN4O2S/c1-7-9(6-16-14(21)10-3-4-11(15)22-10)8(2)19-12(17-7)5-13(20)18-19/h3-5H,6H2,1-2H3,(H,16,21)(H,18,20). The Morgan fingerprint density at radius 1 is 1.45 bits per heavy atom. The molecular formula is C14H13ClN4O2S. The van der Waals surface area contributed by atoms with Gasteiger partial charge in [-0.15, -0.1) is 11.3 Å². The summed E-state index contributed by atoms with van der Waals surface area (Å²) in [6.45, 7) is 4.06. The van der Waals surface area contributed by atoms with Crippen LogP contribution in [0, 0.1) is 13.8 Å². The second-order valence-corrected chi connectivity index (χ2v) is 6.58. The van der Waals surface area contributed by atoms with Crippen LogP contribution in [-0.2, 0) is 6.54 Å². The topological polar surface area (TPSA) is 79.3 Å². The van der Waals surface area contributed by atoms with Crippen molar-refractivity contribution in [2.45, 2.75) is 20.4 Å². The molecule has 0 aliphatic heterocycles. The van der Waals surface area contributed by atoms with Crippen LogP contribution in [0.15, 0.2) is 23.0 Å². The van der Waals surface area contributed by atoms with E-state index in [0.717, 1.165) is 17.0 Å². The van der Waals surface area contributed by atoms with Gasteiger partial charge in [0, 0.05) is 29.6 Å². The number of hydrogen-bond acceptors (Lipinski definition) is 4. The van der Waals surface area contributed by atoms with Gasteiger partial charge in [-0.3, -0.25) is 14.7 Å². The summed E-state index contributed by atoms with van der Waals surface area (Å²) in [4.78, 5) is 28.4. The van der Waals surface area contributed by atoms with Crippen LogP contribution in [0.1, 0.15) is 26.6 Å². The van der Waals surface area contributed by atoms with E-state index in [-0.39, 0.29) is 11.5 Å². The van der Waals surface area contributed by atoms with Gasteiger partial charge in [0.1, 0.15) is 0 Å². The van der Waals surface area contributed by atoms with Crippen molar-refractivity contribution in [3.8, 4) is 0 Å². The maximum atomic E-state index is 12.1. The number of rotatable bonds is 3. The van der Waals surface area contributed by atoms with Crippen LogP contribution >= 0.6 is 22.9 Å². The van der Waals surface area contributed by atoms with Gasteiger partial charge in [0.2, 0.25) is 0 Å². The van der Waals surface area contributed by atoms with Gasteiger partial charge in [-0.05, 0) is 26.0 Å². The second kappa shape index (κ2) is 5.58. The lowest BCUT2D eigenvalue weighted by atomic mass is 10.1. The highest BCUT2D eigenvalue weighted by atomic mass is 35.5. The van der Waals surface area contributed by atoms with Crippen molar-refractivity contribution in [3.63, 3.8) is 0 Å². The van der Waals surface area contributed by atoms with Gasteiger partial charge in [0.15, 0.2) is 5.65 Å². The molecule has 0 atom stereocenters. The summed E-state index contributed by atoms with van der Waals surface area (Å²) < 4.78 is 2.20. The Morgan fingerprint density at radius 2 is 2.23 bits per heavy atom. The van der Waals surface area contributed by atoms with E-state index < -0.39 is 0 Å². The van der Waals surface area contributed by atoms with Gasteiger partial charge in [-0.2, -0.15) is 0 Å². The van der Waals surface area contributed by atoms with Crippen LogP contribution in [0.4, 0.5) is 0 Å². The lowest BCUT2D eigenvalue weighted by Crippen LogP contribution is -2.23. The molecule has 0 unspecified atom stereocenters. The predicted octanol–water partition coefficient (Wildman–Crippen LogP) is 2.28. The summed E-state index contributed by atoms with van der Waals surface area (Å²) in [5.74, 6) is -0.184. The molecule has 0 aliphatic rings. The molecule has 0 spiro atoms. The fourth-order valence-electron chi connectivity index (χ4n) is 2.30. The molecule has 2 N–H and O–H groups in total. The molecule has 0 radical (unpaired) electrons. The van der Waals surface area contributed by atoms with E-state index in [1.54, 1.807) is 16.6 Å². The summed E-state index contributed by atoms with van der Waals surface area (Å²) in [5, 5.41) is 5.54. The molecule has 8 heteroatoms. The van der Waals surface area contributed by atoms with Crippen LogP contribution in [0.5, 0.6) is 0 Å². The first-order chi connectivity index (χ1) is 10.5. The molecule has 0 aliphatic carbocycles. The SMILES string of the molecule is Cc1nc2cc(=O)[nH]n2c(C)c1CNC(=O)c1ccc(Cl)s1. The quantitative estimate of drug-likeness (QED) is 0.770. The first kappa shape index (κ1) is 14.8. The second-order valence-electron chi connectivity index (χ2n) is 4.86. The molecule has 0 saturated heterocycles. The number of thiophene rings is 1. The fourth-order valence-corrected chi connectivity index (χ4v) is 3.26. The van der Waals surface area contributed by atoms with Gasteiger partial charge >= 0.3 is 0 Å². The average Bonchev–Trinajstić information content (AvgIpc) is 3.04. The summed E-state index contributed by atoms with van der Waals surface area (Å²) in [6.07, 6.45) is 0. The third-order valence-corrected chi connectivity index (χ3v) is 4.66. The predicted molar refractivity (Wildman–Crippen MR) is 85.8 cm³/mol. The maximum Gasteiger partial charge on any atom is 0.266 e. The van der Waals surface area contributed by atoms with Crippen LogP contribution in [0.3, 0.4) is 0 Å². The third-order valence-electron chi connectivity index (χ3n) is 3.43.